The minimum Gasteiger partial charge on any atom is -0.326 e. The predicted octanol–water partition coefficient (Wildman–Crippen LogP) is 1.49. The van der Waals surface area contributed by atoms with Gasteiger partial charge in [0, 0.05) is 35.8 Å². The quantitative estimate of drug-likeness (QED) is 0.792. The van der Waals surface area contributed by atoms with Gasteiger partial charge in [-0.25, -0.2) is 0 Å². The second-order valence-corrected chi connectivity index (χ2v) is 3.33. The van der Waals surface area contributed by atoms with Crippen LogP contribution in [0.1, 0.15) is 18.2 Å². The predicted molar refractivity (Wildman–Crippen MR) is 59.1 cm³/mol. The lowest BCUT2D eigenvalue weighted by Gasteiger charge is -2.00. The van der Waals surface area contributed by atoms with Gasteiger partial charge in [0.2, 0.25) is 0 Å². The van der Waals surface area contributed by atoms with Crippen LogP contribution in [-0.2, 0) is 13.0 Å². The van der Waals surface area contributed by atoms with E-state index in [4.69, 9.17) is 5.73 Å². The first kappa shape index (κ1) is 9.86. The van der Waals surface area contributed by atoms with Gasteiger partial charge >= 0.3 is 0 Å². The van der Waals surface area contributed by atoms with Crippen molar-refractivity contribution in [1.29, 1.82) is 0 Å². The molecule has 2 rings (SSSR count). The van der Waals surface area contributed by atoms with E-state index in [1.807, 2.05) is 12.1 Å². The molecule has 0 amide bonds. The maximum atomic E-state index is 5.73. The number of rotatable bonds is 3. The van der Waals surface area contributed by atoms with Gasteiger partial charge < -0.3 is 5.73 Å². The first-order valence-electron chi connectivity index (χ1n) is 5.03. The highest BCUT2D eigenvalue weighted by molar-refractivity contribution is 5.62. The number of nitrogens with zero attached hydrogens (tertiary/aromatic N) is 2. The highest BCUT2D eigenvalue weighted by Crippen LogP contribution is 2.22. The van der Waals surface area contributed by atoms with E-state index < -0.39 is 0 Å². The van der Waals surface area contributed by atoms with E-state index in [0.717, 1.165) is 28.9 Å². The summed E-state index contributed by atoms with van der Waals surface area (Å²) in [5.41, 5.74) is 9.85. The Hall–Kier alpha value is -1.68. The number of nitrogens with two attached hydrogens (primary N) is 1. The Morgan fingerprint density at radius 3 is 2.93 bits per heavy atom. The van der Waals surface area contributed by atoms with Crippen molar-refractivity contribution < 1.29 is 0 Å². The van der Waals surface area contributed by atoms with Gasteiger partial charge in [-0.2, -0.15) is 5.10 Å². The molecule has 3 N–H and O–H groups in total. The fourth-order valence-corrected chi connectivity index (χ4v) is 1.66. The molecular formula is C11H14N4. The van der Waals surface area contributed by atoms with Crippen molar-refractivity contribution in [3.05, 3.63) is 35.8 Å². The molecule has 0 saturated heterocycles. The average molecular weight is 202 g/mol. The molecule has 0 aliphatic rings. The van der Waals surface area contributed by atoms with E-state index in [2.05, 4.69) is 22.1 Å². The molecule has 0 unspecified atom stereocenters. The summed E-state index contributed by atoms with van der Waals surface area (Å²) in [4.78, 5) is 4.08. The van der Waals surface area contributed by atoms with Crippen LogP contribution in [0, 0.1) is 0 Å². The standard InChI is InChI=1S/C11H14N4/c1-2-10-9(6-12)11(15-14-10)8-4-3-5-13-7-8/h3-5,7H,2,6,12H2,1H3,(H,14,15). The molecule has 0 fully saturated rings. The van der Waals surface area contributed by atoms with Crippen molar-refractivity contribution >= 4 is 0 Å². The van der Waals surface area contributed by atoms with Crippen LogP contribution in [0.25, 0.3) is 11.3 Å². The molecule has 2 aromatic rings. The number of pyridine rings is 1. The minimum atomic E-state index is 0.504. The van der Waals surface area contributed by atoms with Crippen LogP contribution in [-0.4, -0.2) is 15.2 Å². The fraction of sp³-hybridized carbons (Fsp3) is 0.273. The number of hydrogen-bond donors (Lipinski definition) is 2. The van der Waals surface area contributed by atoms with E-state index in [1.165, 1.54) is 0 Å². The zero-order chi connectivity index (χ0) is 10.7. The number of hydrogen-bond acceptors (Lipinski definition) is 3. The van der Waals surface area contributed by atoms with Crippen LogP contribution in [0.3, 0.4) is 0 Å². The van der Waals surface area contributed by atoms with E-state index >= 15 is 0 Å². The van der Waals surface area contributed by atoms with Crippen LogP contribution in [0.2, 0.25) is 0 Å². The molecule has 0 bridgehead atoms. The smallest absolute Gasteiger partial charge is 0.0983 e. The summed E-state index contributed by atoms with van der Waals surface area (Å²) in [6.45, 7) is 2.59. The summed E-state index contributed by atoms with van der Waals surface area (Å²) < 4.78 is 0. The van der Waals surface area contributed by atoms with Crippen molar-refractivity contribution in [1.82, 2.24) is 15.2 Å². The van der Waals surface area contributed by atoms with Crippen molar-refractivity contribution in [3.8, 4) is 11.3 Å². The number of aromatic amines is 1. The molecule has 0 aliphatic heterocycles. The average Bonchev–Trinajstić information content (AvgIpc) is 2.72. The van der Waals surface area contributed by atoms with Crippen molar-refractivity contribution in [2.45, 2.75) is 19.9 Å². The molecule has 0 aromatic carbocycles. The maximum absolute atomic E-state index is 5.73. The van der Waals surface area contributed by atoms with Gasteiger partial charge in [0.05, 0.1) is 5.69 Å². The number of aromatic nitrogens is 3. The third kappa shape index (κ3) is 1.76. The van der Waals surface area contributed by atoms with E-state index in [1.54, 1.807) is 12.4 Å². The Bertz CT molecular complexity index is 433. The van der Waals surface area contributed by atoms with Gasteiger partial charge in [-0.05, 0) is 18.6 Å². The molecule has 0 spiro atoms. The van der Waals surface area contributed by atoms with Gasteiger partial charge in [0.1, 0.15) is 0 Å². The van der Waals surface area contributed by atoms with Crippen LogP contribution in [0.5, 0.6) is 0 Å². The maximum Gasteiger partial charge on any atom is 0.0983 e. The first-order chi connectivity index (χ1) is 7.36. The lowest BCUT2D eigenvalue weighted by molar-refractivity contribution is 0.948. The Balaban J connectivity index is 2.49. The van der Waals surface area contributed by atoms with Crippen molar-refractivity contribution in [2.24, 2.45) is 5.73 Å². The first-order valence-corrected chi connectivity index (χ1v) is 5.03. The lowest BCUT2D eigenvalue weighted by atomic mass is 10.1. The highest BCUT2D eigenvalue weighted by Gasteiger charge is 2.11. The second kappa shape index (κ2) is 4.23. The monoisotopic (exact) mass is 202 g/mol. The normalized spacial score (nSPS) is 10.5. The van der Waals surface area contributed by atoms with Gasteiger partial charge in [-0.1, -0.05) is 6.92 Å². The molecule has 4 nitrogen and oxygen atoms in total. The number of H-pyrrole nitrogens is 1. The van der Waals surface area contributed by atoms with Crippen LogP contribution in [0.15, 0.2) is 24.5 Å². The number of nitrogens with one attached hydrogen (secondary N) is 1. The second-order valence-electron chi connectivity index (χ2n) is 3.33. The Morgan fingerprint density at radius 2 is 2.33 bits per heavy atom. The summed E-state index contributed by atoms with van der Waals surface area (Å²) in [6.07, 6.45) is 4.47. The van der Waals surface area contributed by atoms with Gasteiger partial charge in [-0.15, -0.1) is 0 Å². The highest BCUT2D eigenvalue weighted by atomic mass is 15.1. The van der Waals surface area contributed by atoms with Crippen molar-refractivity contribution in [2.75, 3.05) is 0 Å². The summed E-state index contributed by atoms with van der Waals surface area (Å²) in [6, 6.07) is 3.89. The zero-order valence-electron chi connectivity index (χ0n) is 8.70. The van der Waals surface area contributed by atoms with E-state index in [9.17, 15) is 0 Å². The SMILES string of the molecule is CCc1[nH]nc(-c2cccnc2)c1CN. The molecule has 0 atom stereocenters. The van der Waals surface area contributed by atoms with Crippen LogP contribution >= 0.6 is 0 Å². The zero-order valence-corrected chi connectivity index (χ0v) is 8.70. The van der Waals surface area contributed by atoms with Gasteiger partial charge in [0.15, 0.2) is 0 Å². The topological polar surface area (TPSA) is 67.6 Å². The Morgan fingerprint density at radius 1 is 1.47 bits per heavy atom. The molecule has 0 aliphatic carbocycles. The molecule has 15 heavy (non-hydrogen) atoms. The summed E-state index contributed by atoms with van der Waals surface area (Å²) in [7, 11) is 0. The van der Waals surface area contributed by atoms with Crippen LogP contribution < -0.4 is 5.73 Å². The molecule has 4 heteroatoms. The third-order valence-corrected chi connectivity index (χ3v) is 2.45. The summed E-state index contributed by atoms with van der Waals surface area (Å²) in [5.74, 6) is 0. The molecule has 2 heterocycles. The molecule has 0 radical (unpaired) electrons. The van der Waals surface area contributed by atoms with E-state index in [-0.39, 0.29) is 0 Å². The third-order valence-electron chi connectivity index (χ3n) is 2.45. The van der Waals surface area contributed by atoms with Gasteiger partial charge in [0.25, 0.3) is 0 Å². The molecule has 0 saturated carbocycles. The summed E-state index contributed by atoms with van der Waals surface area (Å²) in [5, 5.41) is 7.30. The van der Waals surface area contributed by atoms with Crippen LogP contribution in [0.4, 0.5) is 0 Å². The summed E-state index contributed by atoms with van der Waals surface area (Å²) >= 11 is 0. The van der Waals surface area contributed by atoms with Crippen molar-refractivity contribution in [3.63, 3.8) is 0 Å². The fourth-order valence-electron chi connectivity index (χ4n) is 1.66. The van der Waals surface area contributed by atoms with E-state index in [0.29, 0.717) is 6.54 Å². The number of aryl methyl sites for hydroxylation is 1. The van der Waals surface area contributed by atoms with Gasteiger partial charge in [-0.3, -0.25) is 10.1 Å². The largest absolute Gasteiger partial charge is 0.326 e. The molecule has 2 aromatic heterocycles. The minimum absolute atomic E-state index is 0.504. The lowest BCUT2D eigenvalue weighted by Crippen LogP contribution is -2.00. The molecule has 78 valence electrons. The Kier molecular flexibility index (Phi) is 2.78. The Labute approximate surface area is 88.5 Å². The molecular weight excluding hydrogens is 188 g/mol.